The number of morpholine rings is 1. The molecule has 1 unspecified atom stereocenters. The maximum absolute atomic E-state index is 13.3. The number of hydrogen-bond donors (Lipinski definition) is 2. The first-order valence-electron chi connectivity index (χ1n) is 13.5. The minimum absolute atomic E-state index is 0.0905. The highest BCUT2D eigenvalue weighted by molar-refractivity contribution is 6.19. The number of benzene rings is 3. The summed E-state index contributed by atoms with van der Waals surface area (Å²) in [6.07, 6.45) is -0.992. The lowest BCUT2D eigenvalue weighted by atomic mass is 10.0. The molecular weight excluding hydrogens is 518 g/mol. The summed E-state index contributed by atoms with van der Waals surface area (Å²) in [6, 6.07) is 27.4. The van der Waals surface area contributed by atoms with Gasteiger partial charge in [0.15, 0.2) is 0 Å². The Kier molecular flexibility index (Phi) is 6.67. The second-order valence-electron chi connectivity index (χ2n) is 9.90. The molecule has 0 aliphatic carbocycles. The quantitative estimate of drug-likeness (QED) is 0.324. The van der Waals surface area contributed by atoms with Crippen LogP contribution in [0.15, 0.2) is 94.3 Å². The van der Waals surface area contributed by atoms with Crippen molar-refractivity contribution in [3.05, 3.63) is 102 Å². The van der Waals surface area contributed by atoms with Crippen LogP contribution in [0.1, 0.15) is 16.8 Å². The Morgan fingerprint density at radius 3 is 2.56 bits per heavy atom. The van der Waals surface area contributed by atoms with E-state index in [-0.39, 0.29) is 11.9 Å². The molecule has 2 aliphatic rings. The van der Waals surface area contributed by atoms with Crippen molar-refractivity contribution in [1.29, 1.82) is 0 Å². The van der Waals surface area contributed by atoms with Crippen LogP contribution in [0.25, 0.3) is 22.4 Å². The van der Waals surface area contributed by atoms with E-state index in [9.17, 15) is 4.79 Å². The van der Waals surface area contributed by atoms with Gasteiger partial charge in [0.1, 0.15) is 0 Å². The number of nitrogens with zero attached hydrogens (tertiary/aromatic N) is 5. The molecule has 2 aliphatic heterocycles. The average molecular weight is 546 g/mol. The van der Waals surface area contributed by atoms with Crippen LogP contribution in [0.3, 0.4) is 0 Å². The number of benzodiazepines with no additional fused rings is 1. The molecule has 2 N–H and O–H groups in total. The highest BCUT2D eigenvalue weighted by atomic mass is 16.5. The van der Waals surface area contributed by atoms with E-state index in [0.29, 0.717) is 37.0 Å². The monoisotopic (exact) mass is 545 g/mol. The maximum atomic E-state index is 13.3. The number of pyridine rings is 1. The third-order valence-electron chi connectivity index (χ3n) is 7.19. The van der Waals surface area contributed by atoms with Gasteiger partial charge >= 0.3 is 6.01 Å². The Morgan fingerprint density at radius 1 is 0.902 bits per heavy atom. The van der Waals surface area contributed by atoms with Crippen LogP contribution >= 0.6 is 0 Å². The zero-order valence-electron chi connectivity index (χ0n) is 22.2. The van der Waals surface area contributed by atoms with E-state index in [0.717, 1.165) is 46.4 Å². The molecular formula is C31H27N7O3. The Morgan fingerprint density at radius 2 is 1.68 bits per heavy atom. The topological polar surface area (TPSA) is 118 Å². The Bertz CT molecular complexity index is 1750. The molecule has 0 saturated carbocycles. The van der Waals surface area contributed by atoms with Crippen molar-refractivity contribution in [2.24, 2.45) is 4.99 Å². The van der Waals surface area contributed by atoms with Crippen LogP contribution in [0.5, 0.6) is 0 Å². The molecule has 10 heteroatoms. The van der Waals surface area contributed by atoms with E-state index in [2.05, 4.69) is 25.7 Å². The van der Waals surface area contributed by atoms with Gasteiger partial charge in [-0.05, 0) is 18.2 Å². The largest absolute Gasteiger partial charge is 0.403 e. The van der Waals surface area contributed by atoms with Gasteiger partial charge in [-0.1, -0.05) is 71.8 Å². The number of fused-ring (bicyclic) bond motifs is 2. The van der Waals surface area contributed by atoms with Crippen LogP contribution in [0.4, 0.5) is 11.7 Å². The van der Waals surface area contributed by atoms with E-state index in [1.165, 1.54) is 0 Å². The third kappa shape index (κ3) is 5.18. The lowest BCUT2D eigenvalue weighted by Crippen LogP contribution is -2.36. The van der Waals surface area contributed by atoms with Gasteiger partial charge in [-0.15, -0.1) is 5.10 Å². The van der Waals surface area contributed by atoms with Crippen molar-refractivity contribution in [3.8, 4) is 11.5 Å². The molecule has 3 aromatic carbocycles. The molecule has 10 nitrogen and oxygen atoms in total. The van der Waals surface area contributed by atoms with Gasteiger partial charge in [-0.25, -0.2) is 4.99 Å². The van der Waals surface area contributed by atoms with Crippen LogP contribution in [0.2, 0.25) is 0 Å². The first kappa shape index (κ1) is 25.1. The fraction of sp³-hybridized carbons (Fsp3) is 0.194. The summed E-state index contributed by atoms with van der Waals surface area (Å²) in [4.78, 5) is 25.3. The first-order valence-corrected chi connectivity index (χ1v) is 13.5. The van der Waals surface area contributed by atoms with Gasteiger partial charge in [-0.3, -0.25) is 14.7 Å². The van der Waals surface area contributed by atoms with E-state index >= 15 is 0 Å². The molecule has 0 bridgehead atoms. The number of aromatic nitrogens is 3. The normalized spacial score (nSPS) is 17.4. The van der Waals surface area contributed by atoms with Crippen molar-refractivity contribution in [2.45, 2.75) is 12.7 Å². The minimum atomic E-state index is -0.992. The number of anilines is 2. The van der Waals surface area contributed by atoms with Gasteiger partial charge in [0.05, 0.1) is 41.4 Å². The van der Waals surface area contributed by atoms with Crippen molar-refractivity contribution in [3.63, 3.8) is 0 Å². The molecule has 1 atom stereocenters. The standard InChI is InChI=1S/C31H27N7O3/c39-29-28(34-27(20-8-2-1-3-9-20)22-11-5-7-13-25(22)33-29)35-31-37-36-30(41-31)23-18-21-10-4-6-12-24(21)32-26(23)19-38-14-16-40-17-15-38/h1-13,18,28H,14-17,19H2,(H,33,39)(H,35,37). The van der Waals surface area contributed by atoms with Gasteiger partial charge in [0, 0.05) is 36.1 Å². The molecule has 7 rings (SSSR count). The average Bonchev–Trinajstić information content (AvgIpc) is 3.43. The Labute approximate surface area is 236 Å². The lowest BCUT2D eigenvalue weighted by Gasteiger charge is -2.26. The molecule has 41 heavy (non-hydrogen) atoms. The number of carbonyl (C=O) groups excluding carboxylic acids is 1. The number of carbonyl (C=O) groups is 1. The van der Waals surface area contributed by atoms with E-state index in [4.69, 9.17) is 19.1 Å². The number of aliphatic imine (C=N–C) groups is 1. The molecule has 4 heterocycles. The SMILES string of the molecule is O=C1Nc2ccccc2C(c2ccccc2)=NC1Nc1nnc(-c2cc3ccccc3nc2CN2CCOCC2)o1. The number of para-hydroxylation sites is 2. The predicted molar refractivity (Wildman–Crippen MR) is 156 cm³/mol. The summed E-state index contributed by atoms with van der Waals surface area (Å²) in [5, 5.41) is 15.6. The molecule has 204 valence electrons. The van der Waals surface area contributed by atoms with Crippen LogP contribution in [-0.2, 0) is 16.1 Å². The van der Waals surface area contributed by atoms with Crippen LogP contribution < -0.4 is 10.6 Å². The van der Waals surface area contributed by atoms with Crippen molar-refractivity contribution in [1.82, 2.24) is 20.1 Å². The summed E-state index contributed by atoms with van der Waals surface area (Å²) in [5.41, 5.74) is 5.58. The second-order valence-corrected chi connectivity index (χ2v) is 9.90. The number of ether oxygens (including phenoxy) is 1. The zero-order chi connectivity index (χ0) is 27.6. The summed E-state index contributed by atoms with van der Waals surface area (Å²) in [7, 11) is 0. The van der Waals surface area contributed by atoms with Crippen molar-refractivity contribution in [2.75, 3.05) is 36.9 Å². The highest BCUT2D eigenvalue weighted by Gasteiger charge is 2.27. The fourth-order valence-electron chi connectivity index (χ4n) is 5.12. The van der Waals surface area contributed by atoms with Crippen LogP contribution in [0, 0.1) is 0 Å². The fourth-order valence-corrected chi connectivity index (χ4v) is 5.12. The number of hydrogen-bond acceptors (Lipinski definition) is 9. The van der Waals surface area contributed by atoms with E-state index < -0.39 is 6.17 Å². The molecule has 1 amide bonds. The number of amides is 1. The first-order chi connectivity index (χ1) is 20.2. The summed E-state index contributed by atoms with van der Waals surface area (Å²) in [5.74, 6) is -0.0119. The molecule has 0 spiro atoms. The predicted octanol–water partition coefficient (Wildman–Crippen LogP) is 4.34. The Hall–Kier alpha value is -4.93. The van der Waals surface area contributed by atoms with Gasteiger partial charge in [0.25, 0.3) is 11.8 Å². The summed E-state index contributed by atoms with van der Waals surface area (Å²) < 4.78 is 11.6. The highest BCUT2D eigenvalue weighted by Crippen LogP contribution is 2.29. The smallest absolute Gasteiger partial charge is 0.317 e. The minimum Gasteiger partial charge on any atom is -0.403 e. The third-order valence-corrected chi connectivity index (χ3v) is 7.19. The molecule has 0 radical (unpaired) electrons. The van der Waals surface area contributed by atoms with E-state index in [1.807, 2.05) is 84.9 Å². The maximum Gasteiger partial charge on any atom is 0.317 e. The zero-order valence-corrected chi connectivity index (χ0v) is 22.2. The lowest BCUT2D eigenvalue weighted by molar-refractivity contribution is -0.116. The summed E-state index contributed by atoms with van der Waals surface area (Å²) in [6.45, 7) is 3.66. The molecule has 5 aromatic rings. The van der Waals surface area contributed by atoms with Crippen molar-refractivity contribution >= 4 is 34.2 Å². The van der Waals surface area contributed by atoms with Crippen molar-refractivity contribution < 1.29 is 13.9 Å². The van der Waals surface area contributed by atoms with Crippen LogP contribution in [-0.4, -0.2) is 64.2 Å². The molecule has 1 saturated heterocycles. The molecule has 2 aromatic heterocycles. The van der Waals surface area contributed by atoms with E-state index in [1.54, 1.807) is 0 Å². The second kappa shape index (κ2) is 10.9. The Balaban J connectivity index is 1.22. The van der Waals surface area contributed by atoms with Gasteiger partial charge in [-0.2, -0.15) is 0 Å². The number of nitrogens with one attached hydrogen (secondary N) is 2. The number of rotatable bonds is 6. The summed E-state index contributed by atoms with van der Waals surface area (Å²) >= 11 is 0. The molecule has 1 fully saturated rings. The van der Waals surface area contributed by atoms with Gasteiger partial charge < -0.3 is 19.8 Å². The van der Waals surface area contributed by atoms with Gasteiger partial charge in [0.2, 0.25) is 6.17 Å².